The van der Waals surface area contributed by atoms with E-state index in [9.17, 15) is 0 Å². The topological polar surface area (TPSA) is 308 Å². The summed E-state index contributed by atoms with van der Waals surface area (Å²) < 4.78 is 0. The molecule has 0 aromatic rings. The predicted octanol–water partition coefficient (Wildman–Crippen LogP) is -20.9. The number of rotatable bonds is 0. The van der Waals surface area contributed by atoms with Crippen LogP contribution in [-0.2, 0) is 0 Å². The summed E-state index contributed by atoms with van der Waals surface area (Å²) in [5.74, 6) is 0. The van der Waals surface area contributed by atoms with E-state index in [1.165, 1.54) is 0 Å². The van der Waals surface area contributed by atoms with E-state index in [2.05, 4.69) is 0 Å². The Morgan fingerprint density at radius 2 is 0.478 bits per heavy atom. The molecular weight excluding hydrogens is 391 g/mol. The quantitative estimate of drug-likeness (QED) is 0.113. The molecule has 0 saturated carbocycles. The van der Waals surface area contributed by atoms with Crippen molar-refractivity contribution in [2.75, 3.05) is 0 Å². The summed E-state index contributed by atoms with van der Waals surface area (Å²) in [5, 5.41) is 84.6. The summed E-state index contributed by atoms with van der Waals surface area (Å²) >= 11 is 0. The summed E-state index contributed by atoms with van der Waals surface area (Å²) in [6, 6.07) is 0. The van der Waals surface area contributed by atoms with Gasteiger partial charge in [0.15, 0.2) is 0 Å². The van der Waals surface area contributed by atoms with Gasteiger partial charge in [-0.05, 0) is 12.3 Å². The zero-order valence-electron chi connectivity index (χ0n) is 12.9. The maximum atomic E-state index is 8.44. The van der Waals surface area contributed by atoms with Crippen LogP contribution in [0.2, 0.25) is 0 Å². The molecule has 0 aromatic carbocycles. The molecule has 0 atom stereocenters. The molecule has 0 aliphatic rings. The zero-order valence-corrected chi connectivity index (χ0v) is 22.9. The van der Waals surface area contributed by atoms with Gasteiger partial charge in [-0.15, -0.1) is 0 Å². The van der Waals surface area contributed by atoms with Crippen LogP contribution >= 0.6 is 0 Å². The normalized spacial score (nSPS) is 3.91. The minimum Gasteiger partial charge on any atom is -0.652 e. The molecule has 0 saturated heterocycles. The third kappa shape index (κ3) is 1890. The molecule has 0 aliphatic heterocycles. The van der Waals surface area contributed by atoms with Crippen LogP contribution in [0, 0.1) is 0 Å². The summed E-state index contributed by atoms with van der Waals surface area (Å²) in [5.41, 5.74) is 0. The first kappa shape index (κ1) is 72.7. The van der Waals surface area contributed by atoms with E-state index >= 15 is 0 Å². The Hall–Kier alpha value is 2.57. The van der Waals surface area contributed by atoms with E-state index in [1.54, 1.807) is 0 Å². The molecule has 20 heteroatoms. The van der Waals surface area contributed by atoms with E-state index in [4.69, 9.17) is 76.6 Å². The molecule has 0 unspecified atom stereocenters. The first-order valence-corrected chi connectivity index (χ1v) is 2.46. The van der Waals surface area contributed by atoms with Crippen LogP contribution in [0.25, 0.3) is 0 Å². The van der Waals surface area contributed by atoms with Crippen molar-refractivity contribution >= 4 is 18.5 Å². The van der Waals surface area contributed by atoms with Gasteiger partial charge in [-0.2, -0.15) is 0 Å². The van der Waals surface area contributed by atoms with E-state index in [0.717, 1.165) is 0 Å². The number of carbonyl (C=O) groups is 3. The van der Waals surface area contributed by atoms with Crippen molar-refractivity contribution in [3.05, 3.63) is 0 Å². The van der Waals surface area contributed by atoms with Crippen molar-refractivity contribution in [2.24, 2.45) is 0 Å². The van der Waals surface area contributed by atoms with Crippen molar-refractivity contribution in [1.29, 1.82) is 0 Å². The Balaban J connectivity index is -0.00000000822. The second kappa shape index (κ2) is 102. The molecule has 0 amide bonds. The van der Waals surface area contributed by atoms with E-state index in [0.29, 0.717) is 0 Å². The van der Waals surface area contributed by atoms with Gasteiger partial charge in [0.25, 0.3) is 0 Å². The van der Waals surface area contributed by atoms with Crippen molar-refractivity contribution < 1.29 is 224 Å². The van der Waals surface area contributed by atoms with Gasteiger partial charge in [-0.25, -0.2) is 0 Å². The molecule has 114 valence electrons. The van der Waals surface area contributed by atoms with Crippen LogP contribution in [-0.4, -0.2) is 55.1 Å². The van der Waals surface area contributed by atoms with Crippen LogP contribution in [0.15, 0.2) is 0 Å². The standard InChI is InChI=1S/3CH2O3.5Na.3H2O2/c3*2-1(3)4;;;;;;3*1-2/h3*(H2,2,3,4);;;;;;3*1-2H/q;;;5*+1;;;/p-5. The first-order chi connectivity index (χ1) is 8.20. The van der Waals surface area contributed by atoms with Gasteiger partial charge in [0.1, 0.15) is 0 Å². The number of hydrogen-bond donors (Lipinski definition) is 7. The van der Waals surface area contributed by atoms with Gasteiger partial charge in [0, 0.05) is 0 Å². The summed E-state index contributed by atoms with van der Waals surface area (Å²) in [4.78, 5) is 25.1. The first-order valence-electron chi connectivity index (χ1n) is 2.46. The van der Waals surface area contributed by atoms with Crippen molar-refractivity contribution in [2.45, 2.75) is 0 Å². The Morgan fingerprint density at radius 1 is 0.478 bits per heavy atom. The molecule has 0 aliphatic carbocycles. The fourth-order valence-corrected chi connectivity index (χ4v) is 0. The predicted molar refractivity (Wildman–Crippen MR) is 34.6 cm³/mol. The molecule has 0 spiro atoms. The van der Waals surface area contributed by atoms with Gasteiger partial charge in [0.2, 0.25) is 6.16 Å². The fraction of sp³-hybridized carbons (Fsp3) is 0. The van der Waals surface area contributed by atoms with Crippen molar-refractivity contribution in [1.82, 2.24) is 0 Å². The monoisotopic (exact) mass is 398 g/mol. The van der Waals surface area contributed by atoms with Gasteiger partial charge in [-0.3, -0.25) is 31.5 Å². The van der Waals surface area contributed by atoms with Gasteiger partial charge in [-0.1, -0.05) is 0 Å². The largest absolute Gasteiger partial charge is 1.00 e. The number of hydrogen-bond acceptors (Lipinski definition) is 14. The van der Waals surface area contributed by atoms with Crippen LogP contribution in [0.1, 0.15) is 0 Å². The SMILES string of the molecule is O=C([O-])O.O=C([O-])[O-].O=C([O-])[O-].OO.OO.OO.[Na+].[Na+].[Na+].[Na+].[Na+]. The van der Waals surface area contributed by atoms with Crippen molar-refractivity contribution in [3.8, 4) is 0 Å². The third-order valence-electron chi connectivity index (χ3n) is 0. The molecule has 15 nitrogen and oxygen atoms in total. The summed E-state index contributed by atoms with van der Waals surface area (Å²) in [7, 11) is 0. The molecular formula is C3H7Na5O15. The van der Waals surface area contributed by atoms with Crippen LogP contribution in [0.3, 0.4) is 0 Å². The molecule has 0 rings (SSSR count). The van der Waals surface area contributed by atoms with E-state index < -0.39 is 18.5 Å². The van der Waals surface area contributed by atoms with Crippen LogP contribution in [0.4, 0.5) is 14.4 Å². The molecule has 0 heterocycles. The maximum absolute atomic E-state index is 8.44. The second-order valence-electron chi connectivity index (χ2n) is 0.766. The molecule has 7 N–H and O–H groups in total. The van der Waals surface area contributed by atoms with Gasteiger partial charge in [0.05, 0.1) is 0 Å². The maximum Gasteiger partial charge on any atom is 1.00 e. The number of carbonyl (C=O) groups excluding carboxylic acids is 2. The summed E-state index contributed by atoms with van der Waals surface area (Å²) in [6.45, 7) is 0. The molecule has 0 bridgehead atoms. The molecule has 0 radical (unpaired) electrons. The van der Waals surface area contributed by atoms with E-state index in [1.807, 2.05) is 0 Å². The average Bonchev–Trinajstić information content (AvgIpc) is 2.23. The third-order valence-corrected chi connectivity index (χ3v) is 0. The Bertz CT molecular complexity index is 127. The Kier molecular flexibility index (Phi) is 322. The molecule has 0 aromatic heterocycles. The van der Waals surface area contributed by atoms with Crippen molar-refractivity contribution in [3.63, 3.8) is 0 Å². The molecule has 23 heavy (non-hydrogen) atoms. The Labute approximate surface area is 238 Å². The Morgan fingerprint density at radius 3 is 0.478 bits per heavy atom. The van der Waals surface area contributed by atoms with Crippen LogP contribution in [0.5, 0.6) is 0 Å². The smallest absolute Gasteiger partial charge is 0.652 e. The van der Waals surface area contributed by atoms with Gasteiger partial charge >= 0.3 is 148 Å². The summed E-state index contributed by atoms with van der Waals surface area (Å²) in [6.07, 6.45) is -6.75. The second-order valence-corrected chi connectivity index (χ2v) is 0.766. The van der Waals surface area contributed by atoms with E-state index in [-0.39, 0.29) is 148 Å². The zero-order chi connectivity index (χ0) is 16.7. The molecule has 0 fully saturated rings. The average molecular weight is 398 g/mol. The van der Waals surface area contributed by atoms with Crippen LogP contribution < -0.4 is 173 Å². The number of carboxylic acid groups (broad SMARTS) is 6. The minimum absolute atomic E-state index is 0. The van der Waals surface area contributed by atoms with Gasteiger partial charge < -0.3 is 45.0 Å². The fourth-order valence-electron chi connectivity index (χ4n) is 0. The minimum atomic E-state index is -2.33.